The van der Waals surface area contributed by atoms with Crippen molar-refractivity contribution in [2.45, 2.75) is 44.4 Å². The molecule has 2 aliphatic heterocycles. The summed E-state index contributed by atoms with van der Waals surface area (Å²) < 4.78 is 34.3. The Labute approximate surface area is 251 Å². The van der Waals surface area contributed by atoms with Crippen molar-refractivity contribution >= 4 is 40.8 Å². The van der Waals surface area contributed by atoms with E-state index in [0.29, 0.717) is 51.4 Å². The number of piperidine rings is 1. The largest absolute Gasteiger partial charge is 0.356 e. The molecule has 42 heavy (non-hydrogen) atoms. The van der Waals surface area contributed by atoms with Crippen LogP contribution in [0.15, 0.2) is 77.3 Å². The van der Waals surface area contributed by atoms with Crippen molar-refractivity contribution in [3.63, 3.8) is 0 Å². The van der Waals surface area contributed by atoms with Gasteiger partial charge in [0.2, 0.25) is 0 Å². The highest BCUT2D eigenvalue weighted by atomic mass is 35.5. The van der Waals surface area contributed by atoms with Crippen LogP contribution in [0.5, 0.6) is 0 Å². The van der Waals surface area contributed by atoms with Crippen molar-refractivity contribution in [3.8, 4) is 11.3 Å². The van der Waals surface area contributed by atoms with Gasteiger partial charge in [0, 0.05) is 42.0 Å². The number of hydrogen-bond acceptors (Lipinski definition) is 5. The number of rotatable bonds is 6. The maximum absolute atomic E-state index is 14.4. The lowest BCUT2D eigenvalue weighted by atomic mass is 9.81. The predicted octanol–water partition coefficient (Wildman–Crippen LogP) is 7.32. The summed E-state index contributed by atoms with van der Waals surface area (Å²) in [6.07, 6.45) is 0.573. The molecule has 2 atom stereocenters. The van der Waals surface area contributed by atoms with E-state index in [-0.39, 0.29) is 31.2 Å². The van der Waals surface area contributed by atoms with Crippen LogP contribution in [0.4, 0.5) is 19.3 Å². The molecule has 1 spiro atoms. The minimum Gasteiger partial charge on any atom is -0.356 e. The van der Waals surface area contributed by atoms with Crippen LogP contribution in [0.1, 0.15) is 31.0 Å². The van der Waals surface area contributed by atoms with E-state index in [1.807, 2.05) is 6.92 Å². The lowest BCUT2D eigenvalue weighted by Gasteiger charge is -2.45. The molecule has 1 unspecified atom stereocenters. The summed E-state index contributed by atoms with van der Waals surface area (Å²) in [5.74, 6) is -0.811. The van der Waals surface area contributed by atoms with Gasteiger partial charge in [0.25, 0.3) is 5.91 Å². The van der Waals surface area contributed by atoms with Crippen molar-refractivity contribution in [2.24, 2.45) is 0 Å². The molecular formula is C31H26Cl2F2N4O3. The van der Waals surface area contributed by atoms with Crippen LogP contribution >= 0.6 is 23.2 Å². The van der Waals surface area contributed by atoms with Crippen LogP contribution in [-0.2, 0) is 17.9 Å². The summed E-state index contributed by atoms with van der Waals surface area (Å²) in [6, 6.07) is 18.1. The third-order valence-corrected chi connectivity index (χ3v) is 8.78. The number of hydrogen-bond donors (Lipinski definition) is 0. The lowest BCUT2D eigenvalue weighted by Crippen LogP contribution is -2.59. The summed E-state index contributed by atoms with van der Waals surface area (Å²) >= 11 is 12.2. The lowest BCUT2D eigenvalue weighted by molar-refractivity contribution is -0.133. The third kappa shape index (κ3) is 5.06. The van der Waals surface area contributed by atoms with E-state index in [2.05, 4.69) is 10.1 Å². The van der Waals surface area contributed by atoms with Gasteiger partial charge in [-0.2, -0.15) is 0 Å². The topological polar surface area (TPSA) is 69.9 Å². The fourth-order valence-corrected chi connectivity index (χ4v) is 6.23. The Morgan fingerprint density at radius 1 is 0.976 bits per heavy atom. The summed E-state index contributed by atoms with van der Waals surface area (Å²) in [7, 11) is 0. The van der Waals surface area contributed by atoms with Gasteiger partial charge in [-0.15, -0.1) is 0 Å². The van der Waals surface area contributed by atoms with Crippen molar-refractivity contribution < 1.29 is 22.9 Å². The molecule has 7 nitrogen and oxygen atoms in total. The van der Waals surface area contributed by atoms with E-state index in [1.165, 1.54) is 29.2 Å². The molecule has 3 amide bonds. The predicted molar refractivity (Wildman–Crippen MR) is 155 cm³/mol. The Kier molecular flexibility index (Phi) is 7.51. The SMILES string of the molecule is C[C@H]1CC2(CCN1Cc1ccccc1F)C(=O)N(Cc1cc(-c3ccc(Cl)c(Cl)c3)on1)C(=O)N2c1cccc(F)c1. The van der Waals surface area contributed by atoms with Crippen LogP contribution in [0.2, 0.25) is 10.0 Å². The van der Waals surface area contributed by atoms with Gasteiger partial charge in [0.1, 0.15) is 22.9 Å². The molecule has 11 heteroatoms. The minimum atomic E-state index is -1.24. The smallest absolute Gasteiger partial charge is 0.332 e. The summed E-state index contributed by atoms with van der Waals surface area (Å²) in [4.78, 5) is 32.8. The Hall–Kier alpha value is -3.79. The molecule has 2 aliphatic rings. The molecule has 0 radical (unpaired) electrons. The van der Waals surface area contributed by atoms with Gasteiger partial charge in [0.05, 0.1) is 16.6 Å². The second-order valence-electron chi connectivity index (χ2n) is 10.7. The first kappa shape index (κ1) is 28.3. The molecule has 0 saturated carbocycles. The number of carbonyl (C=O) groups excluding carboxylic acids is 2. The highest BCUT2D eigenvalue weighted by Gasteiger charge is 2.60. The van der Waals surface area contributed by atoms with Gasteiger partial charge < -0.3 is 4.52 Å². The van der Waals surface area contributed by atoms with Gasteiger partial charge in [-0.25, -0.2) is 13.6 Å². The monoisotopic (exact) mass is 610 g/mol. The van der Waals surface area contributed by atoms with Crippen molar-refractivity contribution in [3.05, 3.63) is 106 Å². The van der Waals surface area contributed by atoms with Crippen LogP contribution in [-0.4, -0.2) is 45.0 Å². The van der Waals surface area contributed by atoms with E-state index in [4.69, 9.17) is 27.7 Å². The van der Waals surface area contributed by atoms with E-state index < -0.39 is 23.3 Å². The zero-order valence-electron chi connectivity index (χ0n) is 22.6. The van der Waals surface area contributed by atoms with Crippen LogP contribution in [0.3, 0.4) is 0 Å². The minimum absolute atomic E-state index is 0.136. The molecule has 1 aromatic heterocycles. The van der Waals surface area contributed by atoms with Gasteiger partial charge in [-0.05, 0) is 62.2 Å². The van der Waals surface area contributed by atoms with E-state index >= 15 is 0 Å². The number of benzene rings is 3. The van der Waals surface area contributed by atoms with E-state index in [9.17, 15) is 18.4 Å². The Balaban J connectivity index is 1.30. The Bertz CT molecular complexity index is 1680. The number of carbonyl (C=O) groups is 2. The maximum atomic E-state index is 14.4. The summed E-state index contributed by atoms with van der Waals surface area (Å²) in [5.41, 5.74) is 0.603. The average Bonchev–Trinajstić information content (AvgIpc) is 3.50. The van der Waals surface area contributed by atoms with Crippen LogP contribution in [0, 0.1) is 11.6 Å². The average molecular weight is 611 g/mol. The first-order valence-electron chi connectivity index (χ1n) is 13.5. The van der Waals surface area contributed by atoms with Gasteiger partial charge in [0.15, 0.2) is 5.76 Å². The standard InChI is InChI=1S/C31H26Cl2F2N4O3/c1-19-16-31(11-12-37(19)17-21-5-2-3-8-27(21)35)29(40)38(30(41)39(31)24-7-4-6-22(34)14-24)18-23-15-28(42-36-23)20-9-10-25(32)26(33)13-20/h2-10,13-15,19H,11-12,16-18H2,1H3/t19-,31?/m0/s1. The zero-order chi connectivity index (χ0) is 29.6. The second-order valence-corrected chi connectivity index (χ2v) is 11.5. The third-order valence-electron chi connectivity index (χ3n) is 8.04. The normalized spacial score (nSPS) is 21.1. The zero-order valence-corrected chi connectivity index (χ0v) is 24.1. The first-order valence-corrected chi connectivity index (χ1v) is 14.2. The van der Waals surface area contributed by atoms with Gasteiger partial charge >= 0.3 is 6.03 Å². The number of nitrogens with zero attached hydrogens (tertiary/aromatic N) is 4. The molecule has 3 aromatic carbocycles. The van der Waals surface area contributed by atoms with Crippen LogP contribution < -0.4 is 4.90 Å². The van der Waals surface area contributed by atoms with E-state index in [1.54, 1.807) is 48.5 Å². The highest BCUT2D eigenvalue weighted by Crippen LogP contribution is 2.43. The molecule has 216 valence electrons. The van der Waals surface area contributed by atoms with Crippen molar-refractivity contribution in [1.82, 2.24) is 15.0 Å². The fraction of sp³-hybridized carbons (Fsp3) is 0.258. The van der Waals surface area contributed by atoms with Crippen molar-refractivity contribution in [1.29, 1.82) is 0 Å². The molecule has 0 aliphatic carbocycles. The number of amides is 3. The maximum Gasteiger partial charge on any atom is 0.332 e. The Morgan fingerprint density at radius 3 is 2.52 bits per heavy atom. The molecule has 4 aromatic rings. The molecule has 3 heterocycles. The molecule has 2 saturated heterocycles. The number of halogens is 4. The fourth-order valence-electron chi connectivity index (χ4n) is 5.93. The molecule has 0 bridgehead atoms. The summed E-state index contributed by atoms with van der Waals surface area (Å²) in [6.45, 7) is 2.61. The number of imide groups is 1. The molecular weight excluding hydrogens is 585 g/mol. The first-order chi connectivity index (χ1) is 20.2. The highest BCUT2D eigenvalue weighted by molar-refractivity contribution is 6.42. The van der Waals surface area contributed by atoms with E-state index in [0.717, 1.165) is 4.90 Å². The number of likely N-dealkylation sites (tertiary alicyclic amines) is 1. The number of urea groups is 1. The number of aromatic nitrogens is 1. The Morgan fingerprint density at radius 2 is 1.79 bits per heavy atom. The second kappa shape index (κ2) is 11.1. The number of anilines is 1. The van der Waals surface area contributed by atoms with Gasteiger partial charge in [-0.3, -0.25) is 19.5 Å². The van der Waals surface area contributed by atoms with Crippen LogP contribution in [0.25, 0.3) is 11.3 Å². The molecule has 2 fully saturated rings. The molecule has 6 rings (SSSR count). The quantitative estimate of drug-likeness (QED) is 0.214. The van der Waals surface area contributed by atoms with Gasteiger partial charge in [-0.1, -0.05) is 52.6 Å². The molecule has 0 N–H and O–H groups in total. The van der Waals surface area contributed by atoms with Crippen molar-refractivity contribution in [2.75, 3.05) is 11.4 Å². The summed E-state index contributed by atoms with van der Waals surface area (Å²) in [5, 5.41) is 4.83.